The summed E-state index contributed by atoms with van der Waals surface area (Å²) in [5, 5.41) is 27.8. The molecule has 0 radical (unpaired) electrons. The van der Waals surface area contributed by atoms with E-state index in [1.165, 1.54) is 6.07 Å². The van der Waals surface area contributed by atoms with Gasteiger partial charge in [-0.2, -0.15) is 0 Å². The van der Waals surface area contributed by atoms with Crippen LogP contribution in [0, 0.1) is 6.92 Å². The fourth-order valence-electron chi connectivity index (χ4n) is 1.42. The summed E-state index contributed by atoms with van der Waals surface area (Å²) < 4.78 is 0. The lowest BCUT2D eigenvalue weighted by Crippen LogP contribution is -1.78. The molecule has 90 valence electrons. The zero-order valence-corrected chi connectivity index (χ0v) is 9.64. The molecular weight excluding hydrogens is 220 g/mol. The van der Waals surface area contributed by atoms with Crippen molar-refractivity contribution in [3.63, 3.8) is 0 Å². The summed E-state index contributed by atoms with van der Waals surface area (Å²) in [6.45, 7) is 3.07. The van der Waals surface area contributed by atoms with E-state index < -0.39 is 5.97 Å². The molecule has 2 rings (SSSR count). The maximum atomic E-state index is 9.50. The van der Waals surface area contributed by atoms with E-state index in [0.717, 1.165) is 17.9 Å². The summed E-state index contributed by atoms with van der Waals surface area (Å²) in [6.07, 6.45) is 0. The highest BCUT2D eigenvalue weighted by Gasteiger charge is 2.03. The van der Waals surface area contributed by atoms with E-state index in [-0.39, 0.29) is 11.5 Å². The number of carboxylic acid groups (broad SMARTS) is 1. The van der Waals surface area contributed by atoms with E-state index in [4.69, 9.17) is 9.90 Å². The van der Waals surface area contributed by atoms with Crippen LogP contribution in [-0.4, -0.2) is 21.3 Å². The smallest absolute Gasteiger partial charge is 0.300 e. The first-order valence-electron chi connectivity index (χ1n) is 5.02. The Kier molecular flexibility index (Phi) is 3.93. The van der Waals surface area contributed by atoms with Crippen molar-refractivity contribution >= 4 is 16.7 Å². The molecule has 4 nitrogen and oxygen atoms in total. The lowest BCUT2D eigenvalue weighted by atomic mass is 10.1. The molecular formula is C13H14O4. The number of benzene rings is 2. The molecule has 17 heavy (non-hydrogen) atoms. The standard InChI is InChI=1S/C11H10O2.C2H4O2/c1-7-2-4-9-8(6-7)3-5-10(12)11(9)13;1-2(3)4/h2-6,12-13H,1H3;1H3,(H,3,4). The van der Waals surface area contributed by atoms with Gasteiger partial charge in [-0.3, -0.25) is 4.79 Å². The van der Waals surface area contributed by atoms with Crippen molar-refractivity contribution < 1.29 is 20.1 Å². The van der Waals surface area contributed by atoms with Gasteiger partial charge in [-0.1, -0.05) is 29.8 Å². The van der Waals surface area contributed by atoms with Crippen LogP contribution in [0.2, 0.25) is 0 Å². The molecule has 4 heteroatoms. The number of aryl methyl sites for hydroxylation is 1. The molecule has 0 aliphatic rings. The van der Waals surface area contributed by atoms with Crippen molar-refractivity contribution in [1.82, 2.24) is 0 Å². The summed E-state index contributed by atoms with van der Waals surface area (Å²) in [4.78, 5) is 9.00. The molecule has 0 aliphatic carbocycles. The molecule has 0 aromatic heterocycles. The maximum Gasteiger partial charge on any atom is 0.300 e. The van der Waals surface area contributed by atoms with Crippen LogP contribution in [0.3, 0.4) is 0 Å². The summed E-state index contributed by atoms with van der Waals surface area (Å²) in [5.74, 6) is -0.950. The predicted octanol–water partition coefficient (Wildman–Crippen LogP) is 2.65. The number of phenolic OH excluding ortho intramolecular Hbond substituents is 2. The molecule has 0 spiro atoms. The van der Waals surface area contributed by atoms with Crippen LogP contribution in [0.25, 0.3) is 10.8 Å². The monoisotopic (exact) mass is 234 g/mol. The van der Waals surface area contributed by atoms with Gasteiger partial charge in [0.25, 0.3) is 5.97 Å². The number of aliphatic carboxylic acids is 1. The summed E-state index contributed by atoms with van der Waals surface area (Å²) in [6, 6.07) is 8.96. The van der Waals surface area contributed by atoms with Gasteiger partial charge in [-0.05, 0) is 18.4 Å². The zero-order valence-electron chi connectivity index (χ0n) is 9.64. The van der Waals surface area contributed by atoms with Crippen LogP contribution in [0.1, 0.15) is 12.5 Å². The third kappa shape index (κ3) is 3.38. The van der Waals surface area contributed by atoms with Crippen molar-refractivity contribution in [1.29, 1.82) is 0 Å². The van der Waals surface area contributed by atoms with Gasteiger partial charge in [0.05, 0.1) is 0 Å². The Morgan fingerprint density at radius 3 is 2.29 bits per heavy atom. The Morgan fingerprint density at radius 2 is 1.71 bits per heavy atom. The second-order valence-corrected chi connectivity index (χ2v) is 3.68. The molecule has 0 atom stereocenters. The Hall–Kier alpha value is -2.23. The van der Waals surface area contributed by atoms with Gasteiger partial charge in [0.1, 0.15) is 0 Å². The molecule has 0 saturated heterocycles. The first kappa shape index (κ1) is 12.8. The number of carboxylic acids is 1. The molecule has 0 bridgehead atoms. The lowest BCUT2D eigenvalue weighted by molar-refractivity contribution is -0.134. The Balaban J connectivity index is 0.000000317. The fourth-order valence-corrected chi connectivity index (χ4v) is 1.42. The van der Waals surface area contributed by atoms with E-state index in [9.17, 15) is 10.2 Å². The van der Waals surface area contributed by atoms with Crippen molar-refractivity contribution in [3.8, 4) is 11.5 Å². The quantitative estimate of drug-likeness (QED) is 0.612. The van der Waals surface area contributed by atoms with Gasteiger partial charge >= 0.3 is 0 Å². The van der Waals surface area contributed by atoms with Crippen molar-refractivity contribution in [2.24, 2.45) is 0 Å². The third-order valence-electron chi connectivity index (χ3n) is 2.13. The molecule has 0 amide bonds. The van der Waals surface area contributed by atoms with E-state index >= 15 is 0 Å². The zero-order chi connectivity index (χ0) is 13.0. The Labute approximate surface area is 98.8 Å². The van der Waals surface area contributed by atoms with Crippen LogP contribution < -0.4 is 0 Å². The van der Waals surface area contributed by atoms with E-state index in [2.05, 4.69) is 0 Å². The van der Waals surface area contributed by atoms with Crippen LogP contribution in [0.5, 0.6) is 11.5 Å². The molecule has 2 aromatic carbocycles. The highest BCUT2D eigenvalue weighted by atomic mass is 16.4. The largest absolute Gasteiger partial charge is 0.504 e. The lowest BCUT2D eigenvalue weighted by Gasteiger charge is -2.03. The maximum absolute atomic E-state index is 9.50. The summed E-state index contributed by atoms with van der Waals surface area (Å²) >= 11 is 0. The van der Waals surface area contributed by atoms with E-state index in [1.54, 1.807) is 12.1 Å². The number of fused-ring (bicyclic) bond motifs is 1. The topological polar surface area (TPSA) is 77.8 Å². The van der Waals surface area contributed by atoms with Crippen LogP contribution >= 0.6 is 0 Å². The number of carbonyl (C=O) groups is 1. The van der Waals surface area contributed by atoms with Gasteiger partial charge in [-0.15, -0.1) is 0 Å². The first-order chi connectivity index (χ1) is 7.91. The number of aromatic hydroxyl groups is 2. The molecule has 0 unspecified atom stereocenters. The summed E-state index contributed by atoms with van der Waals surface area (Å²) in [7, 11) is 0. The Morgan fingerprint density at radius 1 is 1.12 bits per heavy atom. The molecule has 0 heterocycles. The SMILES string of the molecule is CC(=O)O.Cc1ccc2c(O)c(O)ccc2c1. The molecule has 0 saturated carbocycles. The van der Waals surface area contributed by atoms with Crippen LogP contribution in [0.4, 0.5) is 0 Å². The number of rotatable bonds is 0. The third-order valence-corrected chi connectivity index (χ3v) is 2.13. The highest BCUT2D eigenvalue weighted by Crippen LogP contribution is 2.33. The highest BCUT2D eigenvalue weighted by molar-refractivity contribution is 5.90. The van der Waals surface area contributed by atoms with Gasteiger partial charge < -0.3 is 15.3 Å². The molecule has 0 aliphatic heterocycles. The van der Waals surface area contributed by atoms with Crippen molar-refractivity contribution in [3.05, 3.63) is 35.9 Å². The van der Waals surface area contributed by atoms with Crippen LogP contribution in [-0.2, 0) is 4.79 Å². The number of hydrogen-bond acceptors (Lipinski definition) is 3. The fraction of sp³-hybridized carbons (Fsp3) is 0.154. The number of phenols is 2. The Bertz CT molecular complexity index is 542. The van der Waals surface area contributed by atoms with E-state index in [1.807, 2.05) is 19.1 Å². The van der Waals surface area contributed by atoms with Gasteiger partial charge in [0, 0.05) is 12.3 Å². The molecule has 2 aromatic rings. The first-order valence-corrected chi connectivity index (χ1v) is 5.02. The minimum atomic E-state index is -0.833. The molecule has 0 fully saturated rings. The average Bonchev–Trinajstić information content (AvgIpc) is 2.23. The summed E-state index contributed by atoms with van der Waals surface area (Å²) in [5.41, 5.74) is 1.14. The second-order valence-electron chi connectivity index (χ2n) is 3.68. The van der Waals surface area contributed by atoms with Gasteiger partial charge in [0.15, 0.2) is 11.5 Å². The minimum Gasteiger partial charge on any atom is -0.504 e. The van der Waals surface area contributed by atoms with Gasteiger partial charge in [0.2, 0.25) is 0 Å². The molecule has 3 N–H and O–H groups in total. The second kappa shape index (κ2) is 5.21. The van der Waals surface area contributed by atoms with Gasteiger partial charge in [-0.25, -0.2) is 0 Å². The average molecular weight is 234 g/mol. The van der Waals surface area contributed by atoms with Crippen LogP contribution in [0.15, 0.2) is 30.3 Å². The van der Waals surface area contributed by atoms with E-state index in [0.29, 0.717) is 5.39 Å². The van der Waals surface area contributed by atoms with Crippen molar-refractivity contribution in [2.45, 2.75) is 13.8 Å². The normalized spacial score (nSPS) is 9.53. The van der Waals surface area contributed by atoms with Crippen molar-refractivity contribution in [2.75, 3.05) is 0 Å². The minimum absolute atomic E-state index is 0.0440. The number of hydrogen-bond donors (Lipinski definition) is 3. The predicted molar refractivity (Wildman–Crippen MR) is 65.3 cm³/mol.